The maximum absolute atomic E-state index is 12.2. The van der Waals surface area contributed by atoms with Gasteiger partial charge in [-0.2, -0.15) is 0 Å². The zero-order valence-corrected chi connectivity index (χ0v) is 12.6. The van der Waals surface area contributed by atoms with E-state index in [2.05, 4.69) is 24.6 Å². The lowest BCUT2D eigenvalue weighted by Gasteiger charge is -2.10. The maximum Gasteiger partial charge on any atom is 0.255 e. The third-order valence-electron chi connectivity index (χ3n) is 3.48. The van der Waals surface area contributed by atoms with Gasteiger partial charge in [-0.25, -0.2) is 0 Å². The molecule has 2 aromatic rings. The van der Waals surface area contributed by atoms with E-state index in [0.717, 1.165) is 16.9 Å². The normalized spacial score (nSPS) is 10.5. The van der Waals surface area contributed by atoms with Crippen molar-refractivity contribution in [2.24, 2.45) is 5.84 Å². The minimum atomic E-state index is -0.126. The highest BCUT2D eigenvalue weighted by atomic mass is 16.1. The number of carbonyl (C=O) groups is 1. The van der Waals surface area contributed by atoms with E-state index >= 15 is 0 Å². The van der Waals surface area contributed by atoms with Crippen LogP contribution in [0.3, 0.4) is 0 Å². The molecular formula is C17H21N3O. The van der Waals surface area contributed by atoms with Gasteiger partial charge < -0.3 is 10.7 Å². The van der Waals surface area contributed by atoms with Crippen LogP contribution in [-0.4, -0.2) is 5.91 Å². The van der Waals surface area contributed by atoms with Crippen molar-refractivity contribution in [2.45, 2.75) is 26.7 Å². The summed E-state index contributed by atoms with van der Waals surface area (Å²) in [5.41, 5.74) is 7.00. The van der Waals surface area contributed by atoms with E-state index < -0.39 is 0 Å². The zero-order valence-electron chi connectivity index (χ0n) is 12.6. The van der Waals surface area contributed by atoms with Crippen molar-refractivity contribution in [1.82, 2.24) is 0 Å². The molecule has 0 saturated heterocycles. The number of carbonyl (C=O) groups excluding carboxylic acids is 1. The van der Waals surface area contributed by atoms with E-state index in [1.54, 1.807) is 12.1 Å². The molecule has 1 amide bonds. The average Bonchev–Trinajstić information content (AvgIpc) is 2.47. The average molecular weight is 283 g/mol. The fourth-order valence-electron chi connectivity index (χ4n) is 2.12. The second-order valence-corrected chi connectivity index (χ2v) is 5.40. The summed E-state index contributed by atoms with van der Waals surface area (Å²) in [7, 11) is 0. The third-order valence-corrected chi connectivity index (χ3v) is 3.48. The van der Waals surface area contributed by atoms with Crippen LogP contribution < -0.4 is 16.6 Å². The molecule has 0 heterocycles. The lowest BCUT2D eigenvalue weighted by atomic mass is 10.0. The lowest BCUT2D eigenvalue weighted by molar-refractivity contribution is 0.102. The third kappa shape index (κ3) is 3.61. The molecule has 4 nitrogen and oxygen atoms in total. The summed E-state index contributed by atoms with van der Waals surface area (Å²) in [5.74, 6) is 5.74. The Balaban J connectivity index is 2.12. The van der Waals surface area contributed by atoms with E-state index in [1.807, 2.05) is 37.3 Å². The molecule has 0 aliphatic rings. The molecule has 110 valence electrons. The molecule has 0 unspecified atom stereocenters. The van der Waals surface area contributed by atoms with E-state index in [-0.39, 0.29) is 5.91 Å². The molecule has 4 N–H and O–H groups in total. The molecule has 2 aromatic carbocycles. The quantitative estimate of drug-likeness (QED) is 0.592. The number of hydrogen-bond donors (Lipinski definition) is 3. The van der Waals surface area contributed by atoms with Crippen LogP contribution in [0.4, 0.5) is 11.4 Å². The first-order chi connectivity index (χ1) is 10.0. The van der Waals surface area contributed by atoms with E-state index in [1.165, 1.54) is 5.56 Å². The van der Waals surface area contributed by atoms with Crippen molar-refractivity contribution >= 4 is 17.3 Å². The summed E-state index contributed by atoms with van der Waals surface area (Å²) < 4.78 is 0. The minimum absolute atomic E-state index is 0.126. The summed E-state index contributed by atoms with van der Waals surface area (Å²) in [6, 6.07) is 13.3. The Morgan fingerprint density at radius 1 is 1.10 bits per heavy atom. The van der Waals surface area contributed by atoms with Crippen molar-refractivity contribution < 1.29 is 4.79 Å². The summed E-state index contributed by atoms with van der Waals surface area (Å²) in [4.78, 5) is 12.2. The molecule has 0 radical (unpaired) electrons. The first-order valence-corrected chi connectivity index (χ1v) is 7.00. The van der Waals surface area contributed by atoms with Gasteiger partial charge in [0.05, 0.1) is 5.69 Å². The second kappa shape index (κ2) is 6.41. The number of aryl methyl sites for hydroxylation is 1. The Bertz CT molecular complexity index is 633. The topological polar surface area (TPSA) is 67.2 Å². The van der Waals surface area contributed by atoms with Gasteiger partial charge in [-0.3, -0.25) is 10.6 Å². The van der Waals surface area contributed by atoms with Gasteiger partial charge in [0.1, 0.15) is 0 Å². The van der Waals surface area contributed by atoms with Crippen LogP contribution in [0.1, 0.15) is 41.3 Å². The largest absolute Gasteiger partial charge is 0.324 e. The SMILES string of the molecule is Cc1cc(C(=O)Nc2ccc(C(C)C)cc2)ccc1NN. The van der Waals surface area contributed by atoms with Gasteiger partial charge in [0.15, 0.2) is 0 Å². The second-order valence-electron chi connectivity index (χ2n) is 5.40. The van der Waals surface area contributed by atoms with E-state index in [4.69, 9.17) is 5.84 Å². The van der Waals surface area contributed by atoms with Crippen LogP contribution in [0.25, 0.3) is 0 Å². The molecule has 4 heteroatoms. The smallest absolute Gasteiger partial charge is 0.255 e. The Labute approximate surface area is 125 Å². The number of amides is 1. The molecule has 21 heavy (non-hydrogen) atoms. The summed E-state index contributed by atoms with van der Waals surface area (Å²) in [6.45, 7) is 6.19. The summed E-state index contributed by atoms with van der Waals surface area (Å²) in [6.07, 6.45) is 0. The predicted octanol–water partition coefficient (Wildman–Crippen LogP) is 3.66. The molecule has 0 aliphatic heterocycles. The molecule has 0 saturated carbocycles. The fraction of sp³-hybridized carbons (Fsp3) is 0.235. The van der Waals surface area contributed by atoms with Crippen LogP contribution in [0, 0.1) is 6.92 Å². The van der Waals surface area contributed by atoms with Crippen molar-refractivity contribution in [3.05, 3.63) is 59.2 Å². The molecule has 0 aromatic heterocycles. The van der Waals surface area contributed by atoms with Crippen molar-refractivity contribution in [1.29, 1.82) is 0 Å². The number of benzene rings is 2. The standard InChI is InChI=1S/C17H21N3O/c1-11(2)13-4-7-15(8-5-13)19-17(21)14-6-9-16(20-18)12(3)10-14/h4-11,20H,18H2,1-3H3,(H,19,21). The van der Waals surface area contributed by atoms with Crippen molar-refractivity contribution in [2.75, 3.05) is 10.7 Å². The van der Waals surface area contributed by atoms with E-state index in [9.17, 15) is 4.79 Å². The lowest BCUT2D eigenvalue weighted by Crippen LogP contribution is -2.13. The van der Waals surface area contributed by atoms with Gasteiger partial charge in [0.2, 0.25) is 0 Å². The zero-order chi connectivity index (χ0) is 15.4. The number of nitrogens with one attached hydrogen (secondary N) is 2. The van der Waals surface area contributed by atoms with Crippen molar-refractivity contribution in [3.8, 4) is 0 Å². The highest BCUT2D eigenvalue weighted by Gasteiger charge is 2.08. The Morgan fingerprint density at radius 2 is 1.76 bits per heavy atom. The number of hydrogen-bond acceptors (Lipinski definition) is 3. The van der Waals surface area contributed by atoms with Gasteiger partial charge in [-0.1, -0.05) is 26.0 Å². The molecule has 0 aliphatic carbocycles. The van der Waals surface area contributed by atoms with Gasteiger partial charge in [-0.15, -0.1) is 0 Å². The maximum atomic E-state index is 12.2. The number of anilines is 2. The molecule has 2 rings (SSSR count). The molecule has 0 atom stereocenters. The van der Waals surface area contributed by atoms with Crippen LogP contribution in [-0.2, 0) is 0 Å². The van der Waals surface area contributed by atoms with Gasteiger partial charge >= 0.3 is 0 Å². The monoisotopic (exact) mass is 283 g/mol. The first kappa shape index (κ1) is 15.1. The molecule has 0 bridgehead atoms. The highest BCUT2D eigenvalue weighted by Crippen LogP contribution is 2.19. The fourth-order valence-corrected chi connectivity index (χ4v) is 2.12. The van der Waals surface area contributed by atoms with Gasteiger partial charge in [-0.05, 0) is 54.3 Å². The summed E-state index contributed by atoms with van der Waals surface area (Å²) in [5, 5.41) is 2.90. The first-order valence-electron chi connectivity index (χ1n) is 7.00. The summed E-state index contributed by atoms with van der Waals surface area (Å²) >= 11 is 0. The molecule has 0 spiro atoms. The van der Waals surface area contributed by atoms with Crippen LogP contribution in [0.2, 0.25) is 0 Å². The number of nitrogens with two attached hydrogens (primary N) is 1. The number of nitrogen functional groups attached to an aromatic ring is 1. The van der Waals surface area contributed by atoms with Gasteiger partial charge in [0, 0.05) is 11.3 Å². The minimum Gasteiger partial charge on any atom is -0.324 e. The number of rotatable bonds is 4. The highest BCUT2D eigenvalue weighted by molar-refractivity contribution is 6.04. The van der Waals surface area contributed by atoms with Crippen LogP contribution >= 0.6 is 0 Å². The number of hydrazine groups is 1. The van der Waals surface area contributed by atoms with Crippen molar-refractivity contribution in [3.63, 3.8) is 0 Å². The van der Waals surface area contributed by atoms with Gasteiger partial charge in [0.25, 0.3) is 5.91 Å². The Kier molecular flexibility index (Phi) is 4.60. The Hall–Kier alpha value is -2.33. The van der Waals surface area contributed by atoms with E-state index in [0.29, 0.717) is 11.5 Å². The molecule has 0 fully saturated rings. The predicted molar refractivity (Wildman–Crippen MR) is 87.5 cm³/mol. The Morgan fingerprint density at radius 3 is 2.29 bits per heavy atom. The molecular weight excluding hydrogens is 262 g/mol. The van der Waals surface area contributed by atoms with Crippen LogP contribution in [0.5, 0.6) is 0 Å². The van der Waals surface area contributed by atoms with Crippen LogP contribution in [0.15, 0.2) is 42.5 Å².